The number of nitrogens with zero attached hydrogens (tertiary/aromatic N) is 3. The molecule has 1 N–H and O–H groups in total. The van der Waals surface area contributed by atoms with E-state index in [-0.39, 0.29) is 23.3 Å². The van der Waals surface area contributed by atoms with Gasteiger partial charge in [0.05, 0.1) is 18.7 Å². The van der Waals surface area contributed by atoms with Gasteiger partial charge in [-0.15, -0.1) is 0 Å². The van der Waals surface area contributed by atoms with Crippen LogP contribution in [0.5, 0.6) is 5.75 Å². The lowest BCUT2D eigenvalue weighted by Crippen LogP contribution is -2.38. The van der Waals surface area contributed by atoms with E-state index >= 15 is 0 Å². The van der Waals surface area contributed by atoms with Gasteiger partial charge in [0.25, 0.3) is 0 Å². The summed E-state index contributed by atoms with van der Waals surface area (Å²) < 4.78 is 19.0. The number of halogens is 1. The molecule has 4 rings (SSSR count). The number of piperidine rings is 1. The van der Waals surface area contributed by atoms with E-state index in [4.69, 9.17) is 4.74 Å². The predicted octanol–water partition coefficient (Wildman–Crippen LogP) is 5.94. The molecule has 0 spiro atoms. The minimum absolute atomic E-state index is 0.155. The molecule has 37 heavy (non-hydrogen) atoms. The van der Waals surface area contributed by atoms with Crippen LogP contribution in [0.2, 0.25) is 0 Å². The topological polar surface area (TPSA) is 86.5 Å². The molecule has 0 bridgehead atoms. The summed E-state index contributed by atoms with van der Waals surface area (Å²) in [5.41, 5.74) is 4.98. The molecule has 0 saturated carbocycles. The lowest BCUT2D eigenvalue weighted by molar-refractivity contribution is -0.136. The van der Waals surface area contributed by atoms with Gasteiger partial charge >= 0.3 is 5.97 Å². The van der Waals surface area contributed by atoms with E-state index in [0.29, 0.717) is 35.6 Å². The molecule has 0 amide bonds. The summed E-state index contributed by atoms with van der Waals surface area (Å²) in [6, 6.07) is 16.1. The van der Waals surface area contributed by atoms with Crippen molar-refractivity contribution in [1.29, 1.82) is 5.26 Å². The molecule has 1 saturated heterocycles. The van der Waals surface area contributed by atoms with Crippen molar-refractivity contribution in [2.24, 2.45) is 5.41 Å². The summed E-state index contributed by atoms with van der Waals surface area (Å²) in [5.74, 6) is -0.512. The number of nitriles is 1. The summed E-state index contributed by atoms with van der Waals surface area (Å²) in [6.07, 6.45) is 2.44. The maximum Gasteiger partial charge on any atom is 0.307 e. The highest BCUT2D eigenvalue weighted by molar-refractivity contribution is 5.87. The van der Waals surface area contributed by atoms with Gasteiger partial charge in [0.1, 0.15) is 17.6 Å². The number of hydrogen-bond acceptors (Lipinski definition) is 5. The first-order chi connectivity index (χ1) is 17.7. The molecule has 192 valence electrons. The van der Waals surface area contributed by atoms with Gasteiger partial charge in [-0.25, -0.2) is 9.37 Å². The molecular weight excluding hydrogens is 469 g/mol. The first-order valence-corrected chi connectivity index (χ1v) is 12.5. The number of aliphatic carboxylic acids is 1. The average molecular weight is 502 g/mol. The number of rotatable bonds is 8. The van der Waals surface area contributed by atoms with Crippen molar-refractivity contribution in [2.75, 3.05) is 24.6 Å². The molecule has 7 heteroatoms. The summed E-state index contributed by atoms with van der Waals surface area (Å²) in [5, 5.41) is 19.6. The van der Waals surface area contributed by atoms with Crippen LogP contribution in [-0.4, -0.2) is 35.8 Å². The maximum atomic E-state index is 13.1. The van der Waals surface area contributed by atoms with Crippen molar-refractivity contribution in [3.05, 3.63) is 76.9 Å². The summed E-state index contributed by atoms with van der Waals surface area (Å²) in [4.78, 5) is 18.5. The number of carbonyl (C=O) groups is 1. The summed E-state index contributed by atoms with van der Waals surface area (Å²) in [7, 11) is 0. The third-order valence-electron chi connectivity index (χ3n) is 7.06. The Morgan fingerprint density at radius 2 is 1.78 bits per heavy atom. The Hall–Kier alpha value is -3.92. The Morgan fingerprint density at radius 1 is 1.14 bits per heavy atom. The number of ether oxygens (including phenoxy) is 1. The van der Waals surface area contributed by atoms with Crippen LogP contribution in [0.15, 0.2) is 48.5 Å². The van der Waals surface area contributed by atoms with Crippen LogP contribution >= 0.6 is 0 Å². The number of aromatic nitrogens is 1. The van der Waals surface area contributed by atoms with Gasteiger partial charge < -0.3 is 14.7 Å². The van der Waals surface area contributed by atoms with Gasteiger partial charge in [-0.2, -0.15) is 5.26 Å². The lowest BCUT2D eigenvalue weighted by Gasteiger charge is -2.40. The van der Waals surface area contributed by atoms with Gasteiger partial charge in [0, 0.05) is 36.3 Å². The smallest absolute Gasteiger partial charge is 0.307 e. The van der Waals surface area contributed by atoms with E-state index in [0.717, 1.165) is 42.7 Å². The number of pyridine rings is 1. The van der Waals surface area contributed by atoms with Crippen LogP contribution in [0.3, 0.4) is 0 Å². The van der Waals surface area contributed by atoms with E-state index in [1.54, 1.807) is 19.1 Å². The van der Waals surface area contributed by atoms with E-state index < -0.39 is 5.97 Å². The summed E-state index contributed by atoms with van der Waals surface area (Å²) in [6.45, 7) is 8.28. The maximum absolute atomic E-state index is 13.1. The van der Waals surface area contributed by atoms with Crippen molar-refractivity contribution in [3.63, 3.8) is 0 Å². The Kier molecular flexibility index (Phi) is 7.77. The van der Waals surface area contributed by atoms with Crippen LogP contribution < -0.4 is 9.64 Å². The molecule has 0 aliphatic carbocycles. The zero-order valence-electron chi connectivity index (χ0n) is 21.6. The quantitative estimate of drug-likeness (QED) is 0.411. The van der Waals surface area contributed by atoms with Crippen LogP contribution in [-0.2, 0) is 17.6 Å². The number of aryl methyl sites for hydroxylation is 1. The standard InChI is InChI=1S/C30H32FN3O3/c1-20-25(18-27(35)36)29(34-15-13-30(2,3)14-16-34)28(26(19-32)33-20)22-6-10-24(11-7-22)37-17-12-21-4-8-23(31)9-5-21/h4-11H,12-18H2,1-3H3,(H,35,36). The van der Waals surface area contributed by atoms with E-state index in [1.165, 1.54) is 12.1 Å². The van der Waals surface area contributed by atoms with Crippen molar-refractivity contribution in [2.45, 2.75) is 46.5 Å². The fourth-order valence-corrected chi connectivity index (χ4v) is 4.78. The van der Waals surface area contributed by atoms with Gasteiger partial charge in [0.2, 0.25) is 0 Å². The molecule has 1 fully saturated rings. The van der Waals surface area contributed by atoms with Crippen LogP contribution in [0.1, 0.15) is 49.2 Å². The van der Waals surface area contributed by atoms with Crippen LogP contribution in [0.25, 0.3) is 11.1 Å². The predicted molar refractivity (Wildman–Crippen MR) is 141 cm³/mol. The molecule has 3 aromatic rings. The van der Waals surface area contributed by atoms with E-state index in [1.807, 2.05) is 24.3 Å². The second kappa shape index (κ2) is 11.0. The van der Waals surface area contributed by atoms with Gasteiger partial charge in [-0.05, 0) is 60.6 Å². The molecule has 1 aromatic heterocycles. The van der Waals surface area contributed by atoms with Crippen LogP contribution in [0, 0.1) is 29.5 Å². The zero-order chi connectivity index (χ0) is 26.6. The molecule has 6 nitrogen and oxygen atoms in total. The van der Waals surface area contributed by atoms with E-state index in [9.17, 15) is 19.6 Å². The summed E-state index contributed by atoms with van der Waals surface area (Å²) >= 11 is 0. The highest BCUT2D eigenvalue weighted by Crippen LogP contribution is 2.41. The molecule has 0 atom stereocenters. The molecular formula is C30H32FN3O3. The third kappa shape index (κ3) is 6.26. The normalized spacial score (nSPS) is 14.7. The Bertz CT molecular complexity index is 1300. The Balaban J connectivity index is 1.65. The largest absolute Gasteiger partial charge is 0.493 e. The monoisotopic (exact) mass is 501 g/mol. The highest BCUT2D eigenvalue weighted by atomic mass is 19.1. The second-order valence-electron chi connectivity index (χ2n) is 10.3. The third-order valence-corrected chi connectivity index (χ3v) is 7.06. The molecule has 1 aliphatic heterocycles. The number of carboxylic acids is 1. The lowest BCUT2D eigenvalue weighted by atomic mass is 9.82. The molecule has 1 aliphatic rings. The number of hydrogen-bond donors (Lipinski definition) is 1. The molecule has 0 radical (unpaired) electrons. The fourth-order valence-electron chi connectivity index (χ4n) is 4.78. The second-order valence-corrected chi connectivity index (χ2v) is 10.3. The van der Waals surface area contributed by atoms with Gasteiger partial charge in [-0.3, -0.25) is 4.79 Å². The SMILES string of the molecule is Cc1nc(C#N)c(-c2ccc(OCCc3ccc(F)cc3)cc2)c(N2CCC(C)(C)CC2)c1CC(=O)O. The van der Waals surface area contributed by atoms with Crippen molar-refractivity contribution >= 4 is 11.7 Å². The molecule has 2 heterocycles. The Morgan fingerprint density at radius 3 is 2.38 bits per heavy atom. The van der Waals surface area contributed by atoms with Crippen molar-refractivity contribution < 1.29 is 19.0 Å². The number of anilines is 1. The number of carboxylic acid groups (broad SMARTS) is 1. The van der Waals surface area contributed by atoms with Gasteiger partial charge in [-0.1, -0.05) is 38.1 Å². The first-order valence-electron chi connectivity index (χ1n) is 12.5. The van der Waals surface area contributed by atoms with Crippen molar-refractivity contribution in [3.8, 4) is 22.9 Å². The molecule has 2 aromatic carbocycles. The van der Waals surface area contributed by atoms with E-state index in [2.05, 4.69) is 29.8 Å². The minimum Gasteiger partial charge on any atom is -0.493 e. The van der Waals surface area contributed by atoms with Crippen LogP contribution in [0.4, 0.5) is 10.1 Å². The van der Waals surface area contributed by atoms with Gasteiger partial charge in [0.15, 0.2) is 5.69 Å². The Labute approximate surface area is 217 Å². The zero-order valence-corrected chi connectivity index (χ0v) is 21.6. The minimum atomic E-state index is -0.927. The van der Waals surface area contributed by atoms with Crippen molar-refractivity contribution in [1.82, 2.24) is 4.98 Å². The highest BCUT2D eigenvalue weighted by Gasteiger charge is 2.30. The first kappa shape index (κ1) is 26.2. The average Bonchev–Trinajstić information content (AvgIpc) is 2.86. The number of benzene rings is 2. The molecule has 0 unspecified atom stereocenters. The fraction of sp³-hybridized carbons (Fsp3) is 0.367.